The predicted molar refractivity (Wildman–Crippen MR) is 140 cm³/mol. The van der Waals surface area contributed by atoms with Crippen molar-refractivity contribution in [1.82, 2.24) is 20.5 Å². The summed E-state index contributed by atoms with van der Waals surface area (Å²) in [7, 11) is 1.43. The number of hydrogen-bond acceptors (Lipinski definition) is 5. The van der Waals surface area contributed by atoms with E-state index in [0.717, 1.165) is 0 Å². The Bertz CT molecular complexity index is 1330. The molecule has 1 atom stereocenters. The lowest BCUT2D eigenvalue weighted by atomic mass is 10.1. The van der Waals surface area contributed by atoms with Gasteiger partial charge in [0.15, 0.2) is 0 Å². The van der Waals surface area contributed by atoms with Crippen LogP contribution in [0.15, 0.2) is 48.7 Å². The van der Waals surface area contributed by atoms with E-state index < -0.39 is 42.5 Å². The Balaban J connectivity index is 1.59. The van der Waals surface area contributed by atoms with Gasteiger partial charge in [0.1, 0.15) is 24.1 Å². The minimum Gasteiger partial charge on any atom is -0.447 e. The summed E-state index contributed by atoms with van der Waals surface area (Å²) in [5.74, 6) is -0.994. The molecule has 0 aliphatic rings. The molecule has 8 nitrogen and oxygen atoms in total. The lowest BCUT2D eigenvalue weighted by molar-refractivity contribution is -0.124. The quantitative estimate of drug-likeness (QED) is 0.193. The van der Waals surface area contributed by atoms with Crippen LogP contribution in [0.4, 0.5) is 37.4 Å². The van der Waals surface area contributed by atoms with Crippen LogP contribution in [0.1, 0.15) is 18.4 Å². The van der Waals surface area contributed by atoms with Gasteiger partial charge in [-0.25, -0.2) is 23.4 Å². The third-order valence-corrected chi connectivity index (χ3v) is 6.29. The number of hydrogen-bond donors (Lipinski definition) is 3. The van der Waals surface area contributed by atoms with Gasteiger partial charge in [-0.15, -0.1) is 0 Å². The van der Waals surface area contributed by atoms with Crippen LogP contribution in [0.25, 0.3) is 10.8 Å². The number of alkyl halides is 3. The Labute approximate surface area is 231 Å². The van der Waals surface area contributed by atoms with Crippen molar-refractivity contribution in [3.05, 3.63) is 70.9 Å². The van der Waals surface area contributed by atoms with Crippen molar-refractivity contribution in [3.63, 3.8) is 0 Å². The Morgan fingerprint density at radius 3 is 2.65 bits per heavy atom. The number of carbonyl (C=O) groups excluding carboxylic acids is 2. The average Bonchev–Trinajstić information content (AvgIpc) is 2.89. The molecule has 0 saturated carbocycles. The number of halogens is 6. The number of fused-ring (bicyclic) bond motifs is 1. The van der Waals surface area contributed by atoms with Crippen LogP contribution >= 0.6 is 11.6 Å². The number of pyridine rings is 1. The van der Waals surface area contributed by atoms with Crippen molar-refractivity contribution in [3.8, 4) is 0 Å². The highest BCUT2D eigenvalue weighted by Crippen LogP contribution is 2.20. The number of anilines is 1. The zero-order chi connectivity index (χ0) is 29.3. The minimum absolute atomic E-state index is 0.00807. The second kappa shape index (κ2) is 14.1. The molecule has 0 saturated heterocycles. The number of amides is 3. The van der Waals surface area contributed by atoms with Crippen LogP contribution in [-0.4, -0.2) is 61.0 Å². The first kappa shape index (κ1) is 30.8. The molecule has 1 aromatic heterocycles. The molecule has 3 rings (SSSR count). The van der Waals surface area contributed by atoms with E-state index >= 15 is 0 Å². The molecule has 0 bridgehead atoms. The van der Waals surface area contributed by atoms with E-state index in [1.54, 1.807) is 0 Å². The Hall–Kier alpha value is -3.71. The number of carbonyl (C=O) groups is 2. The lowest BCUT2D eigenvalue weighted by Gasteiger charge is -2.28. The first-order chi connectivity index (χ1) is 18.9. The van der Waals surface area contributed by atoms with Crippen LogP contribution in [-0.2, 0) is 11.3 Å². The first-order valence-electron chi connectivity index (χ1n) is 12.1. The lowest BCUT2D eigenvalue weighted by Crippen LogP contribution is -2.46. The Morgan fingerprint density at radius 1 is 1.12 bits per heavy atom. The van der Waals surface area contributed by atoms with Gasteiger partial charge >= 0.3 is 18.3 Å². The monoisotopic (exact) mass is 587 g/mol. The highest BCUT2D eigenvalue weighted by molar-refractivity contribution is 6.31. The molecule has 0 radical (unpaired) electrons. The molecule has 0 aliphatic heterocycles. The summed E-state index contributed by atoms with van der Waals surface area (Å²) in [6.45, 7) is -1.54. The smallest absolute Gasteiger partial charge is 0.412 e. The summed E-state index contributed by atoms with van der Waals surface area (Å²) in [5.41, 5.74) is 0.342. The maximum Gasteiger partial charge on any atom is 0.412 e. The fraction of sp³-hybridized carbons (Fsp3) is 0.346. The number of urea groups is 1. The van der Waals surface area contributed by atoms with Crippen LogP contribution in [0.5, 0.6) is 0 Å². The number of rotatable bonds is 11. The van der Waals surface area contributed by atoms with Crippen LogP contribution in [0, 0.1) is 11.6 Å². The van der Waals surface area contributed by atoms with Gasteiger partial charge < -0.3 is 20.3 Å². The normalized spacial score (nSPS) is 12.2. The van der Waals surface area contributed by atoms with E-state index in [2.05, 4.69) is 20.9 Å². The molecule has 14 heteroatoms. The molecule has 3 amide bonds. The molecule has 40 heavy (non-hydrogen) atoms. The molecule has 0 unspecified atom stereocenters. The van der Waals surface area contributed by atoms with E-state index in [1.165, 1.54) is 60.6 Å². The van der Waals surface area contributed by atoms with Gasteiger partial charge in [-0.2, -0.15) is 13.2 Å². The van der Waals surface area contributed by atoms with Crippen LogP contribution in [0.3, 0.4) is 0 Å². The second-order valence-corrected chi connectivity index (χ2v) is 9.23. The molecule has 2 aromatic carbocycles. The summed E-state index contributed by atoms with van der Waals surface area (Å²) < 4.78 is 69.7. The summed E-state index contributed by atoms with van der Waals surface area (Å²) in [5, 5.41) is 8.32. The fourth-order valence-corrected chi connectivity index (χ4v) is 3.91. The molecule has 1 heterocycles. The Morgan fingerprint density at radius 2 is 1.90 bits per heavy atom. The van der Waals surface area contributed by atoms with E-state index in [4.69, 9.17) is 16.3 Å². The van der Waals surface area contributed by atoms with Gasteiger partial charge in [-0.3, -0.25) is 5.32 Å². The van der Waals surface area contributed by atoms with Crippen molar-refractivity contribution >= 4 is 40.3 Å². The zero-order valence-corrected chi connectivity index (χ0v) is 22.1. The standard InChI is InChI=1S/C26H27ClF5N5O3/c1-37(24(38)35-13-17-4-2-6-21(29)23(17)27)20(5-3-9-33-15-26(30,31)32)14-40-25(39)36-22-11-18-10-19(28)8-7-16(18)12-34-22/h2,4,6-8,10-12,20,33H,3,5,9,13-15H2,1H3,(H,35,38)(H,34,36,39)/t20-/m0/s1. The first-order valence-corrected chi connectivity index (χ1v) is 12.5. The SMILES string of the molecule is CN(C(=O)NCc1cccc(F)c1Cl)[C@@H](CCCNCC(F)(F)F)COC(=O)Nc1cc2cc(F)ccc2cn1. The van der Waals surface area contributed by atoms with Crippen molar-refractivity contribution < 1.29 is 36.3 Å². The number of nitrogens with one attached hydrogen (secondary N) is 3. The van der Waals surface area contributed by atoms with Crippen molar-refractivity contribution in [1.29, 1.82) is 0 Å². The summed E-state index contributed by atoms with van der Waals surface area (Å²) >= 11 is 5.92. The van der Waals surface area contributed by atoms with Gasteiger partial charge in [-0.1, -0.05) is 23.7 Å². The highest BCUT2D eigenvalue weighted by Gasteiger charge is 2.26. The third-order valence-electron chi connectivity index (χ3n) is 5.87. The maximum atomic E-state index is 13.7. The van der Waals surface area contributed by atoms with E-state index in [1.807, 2.05) is 0 Å². The Kier molecular flexibility index (Phi) is 10.8. The molecule has 0 aliphatic carbocycles. The molecule has 0 spiro atoms. The highest BCUT2D eigenvalue weighted by atomic mass is 35.5. The fourth-order valence-electron chi connectivity index (χ4n) is 3.72. The van der Waals surface area contributed by atoms with Crippen molar-refractivity contribution in [2.75, 3.05) is 32.1 Å². The van der Waals surface area contributed by atoms with Crippen molar-refractivity contribution in [2.45, 2.75) is 31.6 Å². The average molecular weight is 588 g/mol. The molecule has 216 valence electrons. The molecule has 0 fully saturated rings. The van der Waals surface area contributed by atoms with Gasteiger partial charge in [0, 0.05) is 25.2 Å². The number of aromatic nitrogens is 1. The zero-order valence-electron chi connectivity index (χ0n) is 21.3. The van der Waals surface area contributed by atoms with Gasteiger partial charge in [0.05, 0.1) is 17.6 Å². The van der Waals surface area contributed by atoms with E-state index in [-0.39, 0.29) is 43.4 Å². The summed E-state index contributed by atoms with van der Waals surface area (Å²) in [4.78, 5) is 30.5. The van der Waals surface area contributed by atoms with Crippen LogP contribution in [0.2, 0.25) is 5.02 Å². The molecule has 3 aromatic rings. The molecular weight excluding hydrogens is 561 g/mol. The van der Waals surface area contributed by atoms with E-state index in [0.29, 0.717) is 16.3 Å². The molecule has 3 N–H and O–H groups in total. The van der Waals surface area contributed by atoms with Crippen LogP contribution < -0.4 is 16.0 Å². The van der Waals surface area contributed by atoms with Crippen molar-refractivity contribution in [2.24, 2.45) is 0 Å². The maximum absolute atomic E-state index is 13.7. The number of likely N-dealkylation sites (N-methyl/N-ethyl adjacent to an activating group) is 1. The second-order valence-electron chi connectivity index (χ2n) is 8.86. The summed E-state index contributed by atoms with van der Waals surface area (Å²) in [6, 6.07) is 8.39. The van der Waals surface area contributed by atoms with Gasteiger partial charge in [-0.05, 0) is 60.7 Å². The van der Waals surface area contributed by atoms with Gasteiger partial charge in [0.2, 0.25) is 0 Å². The summed E-state index contributed by atoms with van der Waals surface area (Å²) in [6.07, 6.45) is -3.39. The largest absolute Gasteiger partial charge is 0.447 e. The number of ether oxygens (including phenoxy) is 1. The van der Waals surface area contributed by atoms with E-state index in [9.17, 15) is 31.5 Å². The van der Waals surface area contributed by atoms with Gasteiger partial charge in [0.25, 0.3) is 0 Å². The predicted octanol–water partition coefficient (Wildman–Crippen LogP) is 5.86. The minimum atomic E-state index is -4.36. The number of benzene rings is 2. The molecular formula is C26H27ClF5N5O3. The number of nitrogens with zero attached hydrogens (tertiary/aromatic N) is 2. The third kappa shape index (κ3) is 9.49. The topological polar surface area (TPSA) is 95.6 Å².